The van der Waals surface area contributed by atoms with E-state index in [-0.39, 0.29) is 5.91 Å². The fourth-order valence-corrected chi connectivity index (χ4v) is 3.00. The van der Waals surface area contributed by atoms with Gasteiger partial charge in [-0.1, -0.05) is 11.6 Å². The zero-order chi connectivity index (χ0) is 20.1. The average Bonchev–Trinajstić information content (AvgIpc) is 2.74. The molecule has 1 aliphatic rings. The highest BCUT2D eigenvalue weighted by molar-refractivity contribution is 6.34. The highest BCUT2D eigenvalue weighted by atomic mass is 35.5. The van der Waals surface area contributed by atoms with E-state index in [9.17, 15) is 9.59 Å². The van der Waals surface area contributed by atoms with E-state index in [0.717, 1.165) is 0 Å². The number of benzene rings is 2. The zero-order valence-electron chi connectivity index (χ0n) is 15.7. The quantitative estimate of drug-likeness (QED) is 0.828. The lowest BCUT2D eigenvalue weighted by Gasteiger charge is -2.27. The Morgan fingerprint density at radius 1 is 1.00 bits per heavy atom. The molecule has 1 aliphatic heterocycles. The number of ether oxygens (including phenoxy) is 3. The molecular formula is C20H21ClN2O5. The van der Waals surface area contributed by atoms with Gasteiger partial charge in [0.25, 0.3) is 11.8 Å². The van der Waals surface area contributed by atoms with Crippen molar-refractivity contribution in [3.8, 4) is 11.5 Å². The largest absolute Gasteiger partial charge is 0.497 e. The minimum absolute atomic E-state index is 0.126. The number of anilines is 1. The Bertz CT molecular complexity index is 859. The Kier molecular flexibility index (Phi) is 6.38. The maximum atomic E-state index is 12.7. The van der Waals surface area contributed by atoms with Crippen LogP contribution in [0, 0.1) is 0 Å². The van der Waals surface area contributed by atoms with Crippen LogP contribution in [0.5, 0.6) is 11.5 Å². The first kappa shape index (κ1) is 20.0. The third-order valence-corrected chi connectivity index (χ3v) is 4.70. The second-order valence-electron chi connectivity index (χ2n) is 6.15. The third kappa shape index (κ3) is 4.55. The van der Waals surface area contributed by atoms with E-state index in [1.54, 1.807) is 41.3 Å². The maximum absolute atomic E-state index is 12.7. The Morgan fingerprint density at radius 2 is 1.64 bits per heavy atom. The molecule has 1 heterocycles. The first-order valence-corrected chi connectivity index (χ1v) is 9.10. The van der Waals surface area contributed by atoms with Crippen molar-refractivity contribution in [2.45, 2.75) is 0 Å². The van der Waals surface area contributed by atoms with E-state index < -0.39 is 5.91 Å². The Balaban J connectivity index is 1.82. The number of nitrogens with zero attached hydrogens (tertiary/aromatic N) is 1. The number of methoxy groups -OCH3 is 2. The van der Waals surface area contributed by atoms with Crippen LogP contribution in [-0.2, 0) is 4.74 Å². The monoisotopic (exact) mass is 404 g/mol. The number of halogens is 1. The molecule has 1 saturated heterocycles. The summed E-state index contributed by atoms with van der Waals surface area (Å²) >= 11 is 6.23. The van der Waals surface area contributed by atoms with E-state index in [4.69, 9.17) is 25.8 Å². The molecule has 2 aromatic rings. The summed E-state index contributed by atoms with van der Waals surface area (Å²) in [5, 5.41) is 3.08. The van der Waals surface area contributed by atoms with E-state index in [1.807, 2.05) is 0 Å². The van der Waals surface area contributed by atoms with Gasteiger partial charge in [-0.2, -0.15) is 0 Å². The zero-order valence-corrected chi connectivity index (χ0v) is 16.4. The fraction of sp³-hybridized carbons (Fsp3) is 0.300. The molecule has 3 rings (SSSR count). The van der Waals surface area contributed by atoms with E-state index in [1.165, 1.54) is 14.2 Å². The summed E-state index contributed by atoms with van der Waals surface area (Å²) in [4.78, 5) is 27.1. The highest BCUT2D eigenvalue weighted by Crippen LogP contribution is 2.27. The number of rotatable bonds is 5. The molecule has 0 aliphatic carbocycles. The smallest absolute Gasteiger partial charge is 0.255 e. The van der Waals surface area contributed by atoms with Crippen molar-refractivity contribution in [1.82, 2.24) is 4.90 Å². The summed E-state index contributed by atoms with van der Waals surface area (Å²) < 4.78 is 15.7. The molecule has 0 bridgehead atoms. The van der Waals surface area contributed by atoms with Gasteiger partial charge in [0.05, 0.1) is 38.1 Å². The topological polar surface area (TPSA) is 77.1 Å². The van der Waals surface area contributed by atoms with Crippen molar-refractivity contribution in [2.24, 2.45) is 0 Å². The number of morpholine rings is 1. The number of hydrogen-bond donors (Lipinski definition) is 1. The van der Waals surface area contributed by atoms with Gasteiger partial charge in [-0.25, -0.2) is 0 Å². The van der Waals surface area contributed by atoms with Gasteiger partial charge in [-0.05, 0) is 30.3 Å². The molecule has 0 spiro atoms. The van der Waals surface area contributed by atoms with Crippen LogP contribution in [0.1, 0.15) is 20.7 Å². The van der Waals surface area contributed by atoms with E-state index in [2.05, 4.69) is 5.32 Å². The van der Waals surface area contributed by atoms with Crippen LogP contribution in [0.15, 0.2) is 36.4 Å². The number of hydrogen-bond acceptors (Lipinski definition) is 5. The van der Waals surface area contributed by atoms with Gasteiger partial charge in [0, 0.05) is 30.3 Å². The van der Waals surface area contributed by atoms with Crippen LogP contribution < -0.4 is 14.8 Å². The van der Waals surface area contributed by atoms with Crippen molar-refractivity contribution >= 4 is 29.1 Å². The molecule has 148 valence electrons. The van der Waals surface area contributed by atoms with Crippen LogP contribution in [-0.4, -0.2) is 57.2 Å². The first-order chi connectivity index (χ1) is 13.5. The van der Waals surface area contributed by atoms with E-state index in [0.29, 0.717) is 59.6 Å². The predicted molar refractivity (Wildman–Crippen MR) is 106 cm³/mol. The lowest BCUT2D eigenvalue weighted by molar-refractivity contribution is 0.0303. The predicted octanol–water partition coefficient (Wildman–Crippen LogP) is 3.08. The highest BCUT2D eigenvalue weighted by Gasteiger charge is 2.20. The lowest BCUT2D eigenvalue weighted by Crippen LogP contribution is -2.40. The van der Waals surface area contributed by atoms with Crippen LogP contribution in [0.2, 0.25) is 5.02 Å². The Hall–Kier alpha value is -2.77. The summed E-state index contributed by atoms with van der Waals surface area (Å²) in [6.07, 6.45) is 0. The molecule has 0 radical (unpaired) electrons. The summed E-state index contributed by atoms with van der Waals surface area (Å²) in [5.74, 6) is 0.465. The molecule has 0 saturated carbocycles. The molecule has 7 nitrogen and oxygen atoms in total. The molecule has 8 heteroatoms. The van der Waals surface area contributed by atoms with Crippen molar-refractivity contribution in [3.05, 3.63) is 52.5 Å². The van der Waals surface area contributed by atoms with Gasteiger partial charge in [0.1, 0.15) is 11.5 Å². The van der Waals surface area contributed by atoms with Crippen LogP contribution >= 0.6 is 11.6 Å². The third-order valence-electron chi connectivity index (χ3n) is 4.37. The van der Waals surface area contributed by atoms with Gasteiger partial charge in [0.15, 0.2) is 0 Å². The standard InChI is InChI=1S/C20H21ClN2O5/c1-26-15-9-14(10-16(12-15)27-2)19(24)22-18-11-13(3-4-17(18)21)20(25)23-5-7-28-8-6-23/h3-4,9-12H,5-8H2,1-2H3,(H,22,24). The SMILES string of the molecule is COc1cc(OC)cc(C(=O)Nc2cc(C(=O)N3CCOCC3)ccc2Cl)c1. The summed E-state index contributed by atoms with van der Waals surface area (Å²) in [6.45, 7) is 2.10. The molecular weight excluding hydrogens is 384 g/mol. The molecule has 28 heavy (non-hydrogen) atoms. The fourth-order valence-electron chi connectivity index (χ4n) is 2.84. The van der Waals surface area contributed by atoms with Gasteiger partial charge in [-0.15, -0.1) is 0 Å². The molecule has 1 N–H and O–H groups in total. The van der Waals surface area contributed by atoms with Crippen LogP contribution in [0.4, 0.5) is 5.69 Å². The number of nitrogens with one attached hydrogen (secondary N) is 1. The van der Waals surface area contributed by atoms with Crippen LogP contribution in [0.3, 0.4) is 0 Å². The molecule has 2 amide bonds. The molecule has 0 atom stereocenters. The van der Waals surface area contributed by atoms with Gasteiger partial charge < -0.3 is 24.4 Å². The number of carbonyl (C=O) groups is 2. The Labute approximate surface area is 168 Å². The van der Waals surface area contributed by atoms with Gasteiger partial charge in [-0.3, -0.25) is 9.59 Å². The minimum Gasteiger partial charge on any atom is -0.497 e. The second kappa shape index (κ2) is 8.95. The first-order valence-electron chi connectivity index (χ1n) is 8.73. The molecule has 0 aromatic heterocycles. The van der Waals surface area contributed by atoms with Crippen molar-refractivity contribution in [1.29, 1.82) is 0 Å². The number of amides is 2. The van der Waals surface area contributed by atoms with Gasteiger partial charge in [0.2, 0.25) is 0 Å². The second-order valence-corrected chi connectivity index (χ2v) is 6.56. The summed E-state index contributed by atoms with van der Waals surface area (Å²) in [7, 11) is 3.02. The van der Waals surface area contributed by atoms with Crippen molar-refractivity contribution in [2.75, 3.05) is 45.8 Å². The average molecular weight is 405 g/mol. The molecule has 2 aromatic carbocycles. The van der Waals surface area contributed by atoms with Gasteiger partial charge >= 0.3 is 0 Å². The Morgan fingerprint density at radius 3 is 2.25 bits per heavy atom. The maximum Gasteiger partial charge on any atom is 0.255 e. The van der Waals surface area contributed by atoms with Crippen molar-refractivity contribution < 1.29 is 23.8 Å². The van der Waals surface area contributed by atoms with Crippen molar-refractivity contribution in [3.63, 3.8) is 0 Å². The lowest BCUT2D eigenvalue weighted by atomic mass is 10.1. The molecule has 0 unspecified atom stereocenters. The van der Waals surface area contributed by atoms with E-state index >= 15 is 0 Å². The molecule has 1 fully saturated rings. The summed E-state index contributed by atoms with van der Waals surface area (Å²) in [5.41, 5.74) is 1.15. The normalized spacial score (nSPS) is 13.8. The summed E-state index contributed by atoms with van der Waals surface area (Å²) in [6, 6.07) is 9.67. The minimum atomic E-state index is -0.393. The number of carbonyl (C=O) groups excluding carboxylic acids is 2. The van der Waals surface area contributed by atoms with Crippen LogP contribution in [0.25, 0.3) is 0 Å².